The average Bonchev–Trinajstić information content (AvgIpc) is 3.45. The zero-order valence-corrected chi connectivity index (χ0v) is 15.1. The van der Waals surface area contributed by atoms with E-state index in [4.69, 9.17) is 0 Å². The minimum Gasteiger partial charge on any atom is -0.337 e. The van der Waals surface area contributed by atoms with Gasteiger partial charge in [-0.25, -0.2) is 4.98 Å². The van der Waals surface area contributed by atoms with E-state index in [0.29, 0.717) is 22.6 Å². The number of hydrogen-bond acceptors (Lipinski definition) is 5. The number of para-hydroxylation sites is 1. The molecule has 1 aliphatic rings. The summed E-state index contributed by atoms with van der Waals surface area (Å²) in [6, 6.07) is 9.41. The van der Waals surface area contributed by atoms with Crippen molar-refractivity contribution >= 4 is 28.6 Å². The Bertz CT molecular complexity index is 913. The highest BCUT2D eigenvalue weighted by Gasteiger charge is 2.42. The number of nitrogens with one attached hydrogen (secondary N) is 1. The van der Waals surface area contributed by atoms with Crippen LogP contribution >= 0.6 is 11.8 Å². The summed E-state index contributed by atoms with van der Waals surface area (Å²) in [6.45, 7) is 4.13. The first-order valence-electron chi connectivity index (χ1n) is 8.33. The third-order valence-corrected chi connectivity index (χ3v) is 5.48. The molecule has 1 atom stereocenters. The zero-order chi connectivity index (χ0) is 18.0. The smallest absolute Gasteiger partial charge is 0.262 e. The molecule has 6 nitrogen and oxygen atoms in total. The molecule has 25 heavy (non-hydrogen) atoms. The van der Waals surface area contributed by atoms with Crippen molar-refractivity contribution in [3.05, 3.63) is 34.6 Å². The number of carbonyl (C=O) groups is 1. The molecule has 1 aromatic heterocycles. The Morgan fingerprint density at radius 1 is 1.48 bits per heavy atom. The van der Waals surface area contributed by atoms with Crippen LogP contribution in [0.15, 0.2) is 34.2 Å². The molecule has 2 aromatic rings. The maximum absolute atomic E-state index is 12.6. The Kier molecular flexibility index (Phi) is 4.82. The van der Waals surface area contributed by atoms with Crippen LogP contribution in [0.25, 0.3) is 10.9 Å². The van der Waals surface area contributed by atoms with E-state index in [1.54, 1.807) is 23.6 Å². The van der Waals surface area contributed by atoms with Crippen LogP contribution < -0.4 is 10.9 Å². The predicted molar refractivity (Wildman–Crippen MR) is 97.3 cm³/mol. The fraction of sp³-hybridized carbons (Fsp3) is 0.444. The number of carbonyl (C=O) groups excluding carboxylic acids is 1. The topological polar surface area (TPSA) is 87.8 Å². The number of nitrogens with zero attached hydrogens (tertiary/aromatic N) is 3. The first-order chi connectivity index (χ1) is 12.0. The highest BCUT2D eigenvalue weighted by Crippen LogP contribution is 2.39. The Morgan fingerprint density at radius 3 is 2.84 bits per heavy atom. The lowest BCUT2D eigenvalue weighted by molar-refractivity contribution is -0.119. The summed E-state index contributed by atoms with van der Waals surface area (Å²) < 4.78 is 1.57. The number of benzene rings is 1. The molecule has 1 amide bonds. The molecule has 1 N–H and O–H groups in total. The van der Waals surface area contributed by atoms with E-state index in [-0.39, 0.29) is 23.1 Å². The van der Waals surface area contributed by atoms with Crippen molar-refractivity contribution in [1.82, 2.24) is 14.9 Å². The van der Waals surface area contributed by atoms with Crippen LogP contribution in [0.1, 0.15) is 26.7 Å². The van der Waals surface area contributed by atoms with Gasteiger partial charge in [0.15, 0.2) is 5.16 Å². The van der Waals surface area contributed by atoms with Crippen molar-refractivity contribution in [3.8, 4) is 6.07 Å². The summed E-state index contributed by atoms with van der Waals surface area (Å²) in [4.78, 5) is 29.4. The first kappa shape index (κ1) is 17.5. The number of hydrogen-bond donors (Lipinski definition) is 1. The quantitative estimate of drug-likeness (QED) is 0.634. The minimum absolute atomic E-state index is 0.101. The second-order valence-corrected chi connectivity index (χ2v) is 7.33. The van der Waals surface area contributed by atoms with Crippen molar-refractivity contribution in [2.45, 2.75) is 43.9 Å². The summed E-state index contributed by atoms with van der Waals surface area (Å²) in [5, 5.41) is 13.3. The van der Waals surface area contributed by atoms with Gasteiger partial charge in [0.25, 0.3) is 5.56 Å². The second kappa shape index (κ2) is 6.89. The van der Waals surface area contributed by atoms with E-state index in [0.717, 1.165) is 12.8 Å². The van der Waals surface area contributed by atoms with Gasteiger partial charge in [0, 0.05) is 6.54 Å². The SMILES string of the molecule is CCn1c(SCC(=O)NC(C)(C#N)C2CC2)nc2ccccc2c1=O. The van der Waals surface area contributed by atoms with E-state index in [9.17, 15) is 14.9 Å². The molecule has 0 radical (unpaired) electrons. The predicted octanol–water partition coefficient (Wildman–Crippen LogP) is 2.32. The van der Waals surface area contributed by atoms with E-state index in [1.165, 1.54) is 11.8 Å². The van der Waals surface area contributed by atoms with Crippen molar-refractivity contribution in [1.29, 1.82) is 5.26 Å². The average molecular weight is 356 g/mol. The molecular weight excluding hydrogens is 336 g/mol. The fourth-order valence-corrected chi connectivity index (χ4v) is 3.74. The minimum atomic E-state index is -0.807. The number of rotatable bonds is 6. The van der Waals surface area contributed by atoms with Gasteiger partial charge < -0.3 is 5.32 Å². The molecule has 1 heterocycles. The molecule has 0 spiro atoms. The zero-order valence-electron chi connectivity index (χ0n) is 14.3. The Hall–Kier alpha value is -2.33. The molecule has 1 aliphatic carbocycles. The number of aromatic nitrogens is 2. The molecular formula is C18H20N4O2S. The molecule has 0 aliphatic heterocycles. The highest BCUT2D eigenvalue weighted by molar-refractivity contribution is 7.99. The summed E-state index contributed by atoms with van der Waals surface area (Å²) in [5.74, 6) is 0.138. The van der Waals surface area contributed by atoms with Crippen LogP contribution in [-0.4, -0.2) is 26.8 Å². The van der Waals surface area contributed by atoms with Crippen LogP contribution in [0.4, 0.5) is 0 Å². The van der Waals surface area contributed by atoms with Crippen LogP contribution in [0, 0.1) is 17.2 Å². The first-order valence-corrected chi connectivity index (χ1v) is 9.31. The normalized spacial score (nSPS) is 16.2. The summed E-state index contributed by atoms with van der Waals surface area (Å²) in [7, 11) is 0. The number of thioether (sulfide) groups is 1. The Morgan fingerprint density at radius 2 is 2.20 bits per heavy atom. The third-order valence-electron chi connectivity index (χ3n) is 4.50. The molecule has 0 saturated heterocycles. The van der Waals surface area contributed by atoms with Gasteiger partial charge in [-0.05, 0) is 44.7 Å². The molecule has 1 fully saturated rings. The maximum Gasteiger partial charge on any atom is 0.262 e. The van der Waals surface area contributed by atoms with Gasteiger partial charge in [-0.1, -0.05) is 23.9 Å². The van der Waals surface area contributed by atoms with E-state index in [2.05, 4.69) is 16.4 Å². The van der Waals surface area contributed by atoms with Crippen LogP contribution in [0.2, 0.25) is 0 Å². The Labute approximate surface area is 150 Å². The van der Waals surface area contributed by atoms with E-state index < -0.39 is 5.54 Å². The van der Waals surface area contributed by atoms with Gasteiger partial charge in [0.2, 0.25) is 5.91 Å². The third kappa shape index (κ3) is 3.54. The molecule has 0 bridgehead atoms. The lowest BCUT2D eigenvalue weighted by atomic mass is 9.98. The van der Waals surface area contributed by atoms with Crippen LogP contribution in [-0.2, 0) is 11.3 Å². The van der Waals surface area contributed by atoms with Gasteiger partial charge >= 0.3 is 0 Å². The fourth-order valence-electron chi connectivity index (χ4n) is 2.87. The second-order valence-electron chi connectivity index (χ2n) is 6.39. The van der Waals surface area contributed by atoms with Gasteiger partial charge in [-0.15, -0.1) is 0 Å². The standard InChI is InChI=1S/C18H20N4O2S/c1-3-22-16(24)13-6-4-5-7-14(13)20-17(22)25-10-15(23)21-18(2,11-19)12-8-9-12/h4-7,12H,3,8-10H2,1-2H3,(H,21,23). The summed E-state index contributed by atoms with van der Waals surface area (Å²) in [6.07, 6.45) is 1.94. The molecule has 3 rings (SSSR count). The van der Waals surface area contributed by atoms with Gasteiger partial charge in [-0.2, -0.15) is 5.26 Å². The summed E-state index contributed by atoms with van der Waals surface area (Å²) in [5.41, 5.74) is -0.283. The van der Waals surface area contributed by atoms with Crippen molar-refractivity contribution in [2.24, 2.45) is 5.92 Å². The largest absolute Gasteiger partial charge is 0.337 e. The molecule has 7 heteroatoms. The van der Waals surface area contributed by atoms with Gasteiger partial charge in [0.1, 0.15) is 5.54 Å². The van der Waals surface area contributed by atoms with E-state index in [1.807, 2.05) is 19.1 Å². The maximum atomic E-state index is 12.6. The Balaban J connectivity index is 1.78. The van der Waals surface area contributed by atoms with Crippen molar-refractivity contribution in [3.63, 3.8) is 0 Å². The van der Waals surface area contributed by atoms with Gasteiger partial charge in [0.05, 0.1) is 22.7 Å². The monoisotopic (exact) mass is 356 g/mol. The van der Waals surface area contributed by atoms with Gasteiger partial charge in [-0.3, -0.25) is 14.2 Å². The van der Waals surface area contributed by atoms with Crippen molar-refractivity contribution in [2.75, 3.05) is 5.75 Å². The number of fused-ring (bicyclic) bond motifs is 1. The molecule has 1 aromatic carbocycles. The van der Waals surface area contributed by atoms with Crippen molar-refractivity contribution < 1.29 is 4.79 Å². The van der Waals surface area contributed by atoms with Crippen LogP contribution in [0.5, 0.6) is 0 Å². The highest BCUT2D eigenvalue weighted by atomic mass is 32.2. The molecule has 1 unspecified atom stereocenters. The molecule has 130 valence electrons. The lowest BCUT2D eigenvalue weighted by Crippen LogP contribution is -2.47. The lowest BCUT2D eigenvalue weighted by Gasteiger charge is -2.22. The summed E-state index contributed by atoms with van der Waals surface area (Å²) >= 11 is 1.22. The van der Waals surface area contributed by atoms with Crippen LogP contribution in [0.3, 0.4) is 0 Å². The molecule has 1 saturated carbocycles. The number of amides is 1. The number of nitriles is 1. The van der Waals surface area contributed by atoms with E-state index >= 15 is 0 Å².